The second-order valence-corrected chi connectivity index (χ2v) is 1.85. The fourth-order valence-electron chi connectivity index (χ4n) is 0.533. The van der Waals surface area contributed by atoms with Gasteiger partial charge in [0.25, 0.3) is 0 Å². The molecule has 0 aromatic carbocycles. The lowest BCUT2D eigenvalue weighted by Crippen LogP contribution is -1.79. The Balaban J connectivity index is 4.00. The SMILES string of the molecule is [B]C(=C)/C=C(/C)C=NC. The Labute approximate surface area is 57.6 Å². The molecule has 0 aliphatic rings. The van der Waals surface area contributed by atoms with Crippen LogP contribution in [0, 0.1) is 0 Å². The lowest BCUT2D eigenvalue weighted by molar-refractivity contribution is 1.44. The summed E-state index contributed by atoms with van der Waals surface area (Å²) in [7, 11) is 7.01. The monoisotopic (exact) mass is 119 g/mol. The van der Waals surface area contributed by atoms with Gasteiger partial charge in [-0.05, 0) is 12.5 Å². The molecule has 0 aliphatic carbocycles. The molecule has 0 aromatic heterocycles. The smallest absolute Gasteiger partial charge is 0.112 e. The molecule has 0 heterocycles. The second-order valence-electron chi connectivity index (χ2n) is 1.85. The summed E-state index contributed by atoms with van der Waals surface area (Å²) in [5.74, 6) is 0. The van der Waals surface area contributed by atoms with Crippen molar-refractivity contribution in [1.29, 1.82) is 0 Å². The molecule has 0 bridgehead atoms. The Morgan fingerprint density at radius 1 is 1.67 bits per heavy atom. The molecule has 46 valence electrons. The average Bonchev–Trinajstić information content (AvgIpc) is 1.63. The highest BCUT2D eigenvalue weighted by molar-refractivity contribution is 6.23. The largest absolute Gasteiger partial charge is 0.296 e. The van der Waals surface area contributed by atoms with Crippen LogP contribution in [0.1, 0.15) is 6.92 Å². The normalized spacial score (nSPS) is 12.4. The fraction of sp³-hybridized carbons (Fsp3) is 0.286. The zero-order valence-electron chi connectivity index (χ0n) is 5.89. The minimum atomic E-state index is 0.562. The maximum absolute atomic E-state index is 5.29. The van der Waals surface area contributed by atoms with Crippen LogP contribution in [-0.2, 0) is 0 Å². The summed E-state index contributed by atoms with van der Waals surface area (Å²) in [6.07, 6.45) is 3.50. The number of hydrogen-bond donors (Lipinski definition) is 0. The first-order chi connectivity index (χ1) is 4.16. The molecular formula is C7H10BN. The van der Waals surface area contributed by atoms with Gasteiger partial charge in [-0.15, -0.1) is 12.1 Å². The van der Waals surface area contributed by atoms with E-state index in [0.29, 0.717) is 5.47 Å². The van der Waals surface area contributed by atoms with E-state index in [4.69, 9.17) is 7.85 Å². The van der Waals surface area contributed by atoms with Gasteiger partial charge in [0.15, 0.2) is 0 Å². The highest BCUT2D eigenvalue weighted by Gasteiger charge is 1.79. The van der Waals surface area contributed by atoms with Gasteiger partial charge < -0.3 is 0 Å². The molecule has 1 nitrogen and oxygen atoms in total. The summed E-state index contributed by atoms with van der Waals surface area (Å²) in [4.78, 5) is 3.80. The van der Waals surface area contributed by atoms with Crippen LogP contribution in [0.15, 0.2) is 28.7 Å². The summed E-state index contributed by atoms with van der Waals surface area (Å²) in [5, 5.41) is 0. The van der Waals surface area contributed by atoms with Crippen molar-refractivity contribution >= 4 is 14.1 Å². The van der Waals surface area contributed by atoms with Crippen LogP contribution in [0.25, 0.3) is 0 Å². The van der Waals surface area contributed by atoms with E-state index >= 15 is 0 Å². The zero-order valence-corrected chi connectivity index (χ0v) is 5.89. The minimum Gasteiger partial charge on any atom is -0.296 e. The van der Waals surface area contributed by atoms with Crippen LogP contribution >= 0.6 is 0 Å². The van der Waals surface area contributed by atoms with Gasteiger partial charge in [0.2, 0.25) is 0 Å². The summed E-state index contributed by atoms with van der Waals surface area (Å²) >= 11 is 0. The first-order valence-electron chi connectivity index (χ1n) is 2.71. The quantitative estimate of drug-likeness (QED) is 0.295. The molecular weight excluding hydrogens is 109 g/mol. The standard InChI is InChI=1S/C7H10BN/c1-6(5-9-3)4-7(2)8/h4-5H,2H2,1,3H3/b6-4-,9-5?. The van der Waals surface area contributed by atoms with E-state index < -0.39 is 0 Å². The van der Waals surface area contributed by atoms with Crippen LogP contribution in [-0.4, -0.2) is 21.1 Å². The van der Waals surface area contributed by atoms with Gasteiger partial charge in [0.05, 0.1) is 0 Å². The van der Waals surface area contributed by atoms with Crippen molar-refractivity contribution in [2.45, 2.75) is 6.92 Å². The summed E-state index contributed by atoms with van der Waals surface area (Å²) in [5.41, 5.74) is 1.58. The molecule has 0 spiro atoms. The number of rotatable bonds is 2. The maximum Gasteiger partial charge on any atom is 0.112 e. The highest BCUT2D eigenvalue weighted by atomic mass is 14.6. The van der Waals surface area contributed by atoms with Gasteiger partial charge in [-0.2, -0.15) is 0 Å². The third kappa shape index (κ3) is 5.08. The van der Waals surface area contributed by atoms with Gasteiger partial charge in [0, 0.05) is 13.3 Å². The van der Waals surface area contributed by atoms with Crippen molar-refractivity contribution in [1.82, 2.24) is 0 Å². The average molecular weight is 119 g/mol. The van der Waals surface area contributed by atoms with E-state index in [0.717, 1.165) is 5.57 Å². The molecule has 2 radical (unpaired) electrons. The van der Waals surface area contributed by atoms with Crippen LogP contribution in [0.3, 0.4) is 0 Å². The predicted molar refractivity (Wildman–Crippen MR) is 43.1 cm³/mol. The van der Waals surface area contributed by atoms with E-state index in [1.807, 2.05) is 6.92 Å². The van der Waals surface area contributed by atoms with Crippen LogP contribution in [0.5, 0.6) is 0 Å². The molecule has 0 unspecified atom stereocenters. The van der Waals surface area contributed by atoms with Crippen molar-refractivity contribution in [2.75, 3.05) is 7.05 Å². The lowest BCUT2D eigenvalue weighted by atomic mass is 9.96. The zero-order chi connectivity index (χ0) is 7.28. The van der Waals surface area contributed by atoms with Gasteiger partial charge >= 0.3 is 0 Å². The third-order valence-corrected chi connectivity index (χ3v) is 0.746. The molecule has 0 amide bonds. The molecule has 0 saturated heterocycles. The lowest BCUT2D eigenvalue weighted by Gasteiger charge is -1.88. The topological polar surface area (TPSA) is 12.4 Å². The highest BCUT2D eigenvalue weighted by Crippen LogP contribution is 1.92. The molecule has 0 atom stereocenters. The molecule has 0 saturated carbocycles. The molecule has 0 aliphatic heterocycles. The van der Waals surface area contributed by atoms with Gasteiger partial charge in [-0.3, -0.25) is 4.99 Å². The second kappa shape index (κ2) is 4.13. The van der Waals surface area contributed by atoms with Gasteiger partial charge in [-0.1, -0.05) is 6.08 Å². The van der Waals surface area contributed by atoms with E-state index in [1.54, 1.807) is 19.3 Å². The molecule has 0 rings (SSSR count). The van der Waals surface area contributed by atoms with E-state index in [9.17, 15) is 0 Å². The molecule has 0 fully saturated rings. The third-order valence-electron chi connectivity index (χ3n) is 0.746. The van der Waals surface area contributed by atoms with Gasteiger partial charge in [0.1, 0.15) is 7.85 Å². The Morgan fingerprint density at radius 3 is 2.56 bits per heavy atom. The molecule has 9 heavy (non-hydrogen) atoms. The minimum absolute atomic E-state index is 0.562. The Bertz CT molecular complexity index is 156. The summed E-state index contributed by atoms with van der Waals surface area (Å²) < 4.78 is 0. The van der Waals surface area contributed by atoms with Crippen molar-refractivity contribution in [3.63, 3.8) is 0 Å². The van der Waals surface area contributed by atoms with E-state index in [1.165, 1.54) is 0 Å². The Kier molecular flexibility index (Phi) is 3.77. The molecule has 0 aromatic rings. The number of nitrogens with zero attached hydrogens (tertiary/aromatic N) is 1. The van der Waals surface area contributed by atoms with E-state index in [-0.39, 0.29) is 0 Å². The summed E-state index contributed by atoms with van der Waals surface area (Å²) in [6.45, 7) is 5.44. The van der Waals surface area contributed by atoms with Crippen LogP contribution in [0.4, 0.5) is 0 Å². The van der Waals surface area contributed by atoms with Crippen LogP contribution in [0.2, 0.25) is 0 Å². The first kappa shape index (κ1) is 8.21. The van der Waals surface area contributed by atoms with Crippen molar-refractivity contribution in [2.24, 2.45) is 4.99 Å². The maximum atomic E-state index is 5.29. The first-order valence-corrected chi connectivity index (χ1v) is 2.71. The number of aliphatic imine (C=N–C) groups is 1. The van der Waals surface area contributed by atoms with Crippen molar-refractivity contribution in [3.05, 3.63) is 23.7 Å². The molecule has 2 heteroatoms. The van der Waals surface area contributed by atoms with E-state index in [2.05, 4.69) is 11.6 Å². The molecule has 0 N–H and O–H groups in total. The predicted octanol–water partition coefficient (Wildman–Crippen LogP) is 1.32. The van der Waals surface area contributed by atoms with Gasteiger partial charge in [-0.25, -0.2) is 0 Å². The number of hydrogen-bond acceptors (Lipinski definition) is 1. The summed E-state index contributed by atoms with van der Waals surface area (Å²) in [6, 6.07) is 0. The fourth-order valence-corrected chi connectivity index (χ4v) is 0.533. The Hall–Kier alpha value is -0.785. The van der Waals surface area contributed by atoms with Crippen molar-refractivity contribution in [3.8, 4) is 0 Å². The van der Waals surface area contributed by atoms with Crippen molar-refractivity contribution < 1.29 is 0 Å². The number of allylic oxidation sites excluding steroid dienone is 3. The van der Waals surface area contributed by atoms with Crippen LogP contribution < -0.4 is 0 Å². The Morgan fingerprint density at radius 2 is 2.22 bits per heavy atom.